The first-order valence-electron chi connectivity index (χ1n) is 4.18. The molecular formula is C10H9FN2O. The Labute approximate surface area is 79.4 Å². The molecule has 4 heteroatoms. The van der Waals surface area contributed by atoms with E-state index in [2.05, 4.69) is 4.98 Å². The third-order valence-corrected chi connectivity index (χ3v) is 2.10. The van der Waals surface area contributed by atoms with Gasteiger partial charge in [-0.1, -0.05) is 6.07 Å². The molecule has 0 spiro atoms. The number of nitrogen functional groups attached to an aromatic ring is 1. The van der Waals surface area contributed by atoms with Gasteiger partial charge in [0.25, 0.3) is 0 Å². The monoisotopic (exact) mass is 192 g/mol. The zero-order valence-corrected chi connectivity index (χ0v) is 7.38. The van der Waals surface area contributed by atoms with Gasteiger partial charge in [-0.25, -0.2) is 4.39 Å². The molecule has 1 aromatic heterocycles. The van der Waals surface area contributed by atoms with E-state index in [1.807, 2.05) is 0 Å². The smallest absolute Gasteiger partial charge is 0.248 e. The number of benzene rings is 1. The molecule has 0 atom stereocenters. The average Bonchev–Trinajstić information content (AvgIpc) is 2.15. The summed E-state index contributed by atoms with van der Waals surface area (Å²) in [6, 6.07) is 6.27. The second-order valence-corrected chi connectivity index (χ2v) is 3.10. The van der Waals surface area contributed by atoms with Crippen LogP contribution in [0.5, 0.6) is 0 Å². The van der Waals surface area contributed by atoms with Crippen molar-refractivity contribution in [2.45, 2.75) is 6.67 Å². The average molecular weight is 192 g/mol. The Morgan fingerprint density at radius 1 is 1.36 bits per heavy atom. The van der Waals surface area contributed by atoms with E-state index < -0.39 is 6.67 Å². The number of alkyl halides is 1. The molecule has 0 saturated carbocycles. The van der Waals surface area contributed by atoms with Crippen molar-refractivity contribution in [3.05, 3.63) is 40.2 Å². The molecule has 0 amide bonds. The number of pyridine rings is 1. The Morgan fingerprint density at radius 3 is 2.86 bits per heavy atom. The van der Waals surface area contributed by atoms with Gasteiger partial charge >= 0.3 is 0 Å². The molecule has 1 heterocycles. The van der Waals surface area contributed by atoms with Crippen LogP contribution < -0.4 is 11.3 Å². The lowest BCUT2D eigenvalue weighted by atomic mass is 10.1. The highest BCUT2D eigenvalue weighted by molar-refractivity contribution is 5.84. The normalized spacial score (nSPS) is 10.6. The van der Waals surface area contributed by atoms with Gasteiger partial charge in [-0.3, -0.25) is 4.79 Å². The molecule has 3 N–H and O–H groups in total. The first-order valence-corrected chi connectivity index (χ1v) is 4.18. The van der Waals surface area contributed by atoms with Gasteiger partial charge in [0, 0.05) is 17.1 Å². The molecule has 0 saturated heterocycles. The van der Waals surface area contributed by atoms with Crippen molar-refractivity contribution in [1.29, 1.82) is 0 Å². The van der Waals surface area contributed by atoms with Crippen LogP contribution in [-0.2, 0) is 6.67 Å². The van der Waals surface area contributed by atoms with E-state index in [4.69, 9.17) is 5.73 Å². The van der Waals surface area contributed by atoms with Crippen molar-refractivity contribution in [3.63, 3.8) is 0 Å². The molecule has 0 aliphatic heterocycles. The first kappa shape index (κ1) is 8.74. The van der Waals surface area contributed by atoms with Gasteiger partial charge in [-0.15, -0.1) is 0 Å². The van der Waals surface area contributed by atoms with Crippen molar-refractivity contribution < 1.29 is 4.39 Å². The third-order valence-electron chi connectivity index (χ3n) is 2.10. The number of aromatic nitrogens is 1. The molecule has 2 rings (SSSR count). The van der Waals surface area contributed by atoms with Crippen LogP contribution >= 0.6 is 0 Å². The van der Waals surface area contributed by atoms with Crippen LogP contribution in [0.2, 0.25) is 0 Å². The summed E-state index contributed by atoms with van der Waals surface area (Å²) in [5.41, 5.74) is 6.75. The van der Waals surface area contributed by atoms with Crippen LogP contribution in [0.3, 0.4) is 0 Å². The minimum Gasteiger partial charge on any atom is -0.399 e. The lowest BCUT2D eigenvalue weighted by molar-refractivity contribution is 0.487. The summed E-state index contributed by atoms with van der Waals surface area (Å²) >= 11 is 0. The van der Waals surface area contributed by atoms with Gasteiger partial charge in [0.2, 0.25) is 5.56 Å². The molecule has 0 unspecified atom stereocenters. The van der Waals surface area contributed by atoms with Gasteiger partial charge in [0.05, 0.1) is 5.52 Å². The van der Waals surface area contributed by atoms with Gasteiger partial charge in [-0.2, -0.15) is 0 Å². The molecule has 14 heavy (non-hydrogen) atoms. The molecular weight excluding hydrogens is 183 g/mol. The van der Waals surface area contributed by atoms with Crippen LogP contribution in [0.4, 0.5) is 10.1 Å². The van der Waals surface area contributed by atoms with E-state index in [1.54, 1.807) is 18.2 Å². The Morgan fingerprint density at radius 2 is 2.14 bits per heavy atom. The Hall–Kier alpha value is -1.84. The number of hydrogen-bond acceptors (Lipinski definition) is 2. The van der Waals surface area contributed by atoms with Crippen molar-refractivity contribution in [1.82, 2.24) is 4.98 Å². The summed E-state index contributed by atoms with van der Waals surface area (Å²) in [7, 11) is 0. The second kappa shape index (κ2) is 3.14. The van der Waals surface area contributed by atoms with Crippen LogP contribution in [0.1, 0.15) is 5.56 Å². The molecule has 2 aromatic rings. The summed E-state index contributed by atoms with van der Waals surface area (Å²) < 4.78 is 12.6. The molecule has 0 radical (unpaired) electrons. The molecule has 0 aliphatic rings. The van der Waals surface area contributed by atoms with Gasteiger partial charge in [0.15, 0.2) is 0 Å². The maximum atomic E-state index is 12.6. The topological polar surface area (TPSA) is 58.9 Å². The number of nitrogens with one attached hydrogen (secondary N) is 1. The summed E-state index contributed by atoms with van der Waals surface area (Å²) in [4.78, 5) is 13.7. The number of H-pyrrole nitrogens is 1. The summed E-state index contributed by atoms with van der Waals surface area (Å²) in [5.74, 6) is 0. The van der Waals surface area contributed by atoms with Gasteiger partial charge in [-0.05, 0) is 17.7 Å². The lowest BCUT2D eigenvalue weighted by Crippen LogP contribution is -2.06. The highest BCUT2D eigenvalue weighted by Crippen LogP contribution is 2.18. The van der Waals surface area contributed by atoms with Crippen molar-refractivity contribution in [3.8, 4) is 0 Å². The molecule has 72 valence electrons. The van der Waals surface area contributed by atoms with Gasteiger partial charge in [0.1, 0.15) is 6.67 Å². The predicted molar refractivity (Wildman–Crippen MR) is 53.8 cm³/mol. The highest BCUT2D eigenvalue weighted by Gasteiger charge is 2.02. The number of nitrogens with two attached hydrogens (primary N) is 1. The number of hydrogen-bond donors (Lipinski definition) is 2. The molecule has 0 bridgehead atoms. The Kier molecular flexibility index (Phi) is 1.96. The molecule has 3 nitrogen and oxygen atoms in total. The van der Waals surface area contributed by atoms with E-state index in [9.17, 15) is 9.18 Å². The van der Waals surface area contributed by atoms with Crippen molar-refractivity contribution >= 4 is 16.6 Å². The van der Waals surface area contributed by atoms with E-state index in [0.29, 0.717) is 22.2 Å². The Balaban J connectivity index is 2.87. The van der Waals surface area contributed by atoms with E-state index in [1.165, 1.54) is 6.07 Å². The van der Waals surface area contributed by atoms with Crippen LogP contribution in [0.25, 0.3) is 10.9 Å². The fraction of sp³-hybridized carbons (Fsp3) is 0.100. The summed E-state index contributed by atoms with van der Waals surface area (Å²) in [6.07, 6.45) is 0. The van der Waals surface area contributed by atoms with Crippen LogP contribution in [0, 0.1) is 0 Å². The summed E-state index contributed by atoms with van der Waals surface area (Å²) in [5, 5.41) is 0.696. The van der Waals surface area contributed by atoms with Crippen molar-refractivity contribution in [2.75, 3.05) is 5.73 Å². The zero-order chi connectivity index (χ0) is 10.1. The maximum Gasteiger partial charge on any atom is 0.248 e. The quantitative estimate of drug-likeness (QED) is 0.674. The van der Waals surface area contributed by atoms with Gasteiger partial charge < -0.3 is 10.7 Å². The number of halogens is 1. The fourth-order valence-corrected chi connectivity index (χ4v) is 1.46. The SMILES string of the molecule is Nc1ccc2c(CF)cc(=O)[nH]c2c1. The summed E-state index contributed by atoms with van der Waals surface area (Å²) in [6.45, 7) is -0.648. The highest BCUT2D eigenvalue weighted by atomic mass is 19.1. The third kappa shape index (κ3) is 1.35. The number of anilines is 1. The number of fused-ring (bicyclic) bond motifs is 1. The standard InChI is InChI=1S/C10H9FN2O/c11-5-6-3-10(14)13-9-4-7(12)1-2-8(6)9/h1-4H,5,12H2,(H,13,14). The van der Waals surface area contributed by atoms with E-state index in [0.717, 1.165) is 0 Å². The molecule has 0 aliphatic carbocycles. The minimum atomic E-state index is -0.648. The fourth-order valence-electron chi connectivity index (χ4n) is 1.46. The zero-order valence-electron chi connectivity index (χ0n) is 7.38. The molecule has 0 fully saturated rings. The van der Waals surface area contributed by atoms with Crippen molar-refractivity contribution in [2.24, 2.45) is 0 Å². The Bertz CT molecular complexity index is 533. The van der Waals surface area contributed by atoms with Crippen LogP contribution in [-0.4, -0.2) is 4.98 Å². The van der Waals surface area contributed by atoms with E-state index >= 15 is 0 Å². The minimum absolute atomic E-state index is 0.309. The number of rotatable bonds is 1. The maximum absolute atomic E-state index is 12.6. The van der Waals surface area contributed by atoms with E-state index in [-0.39, 0.29) is 5.56 Å². The second-order valence-electron chi connectivity index (χ2n) is 3.10. The largest absolute Gasteiger partial charge is 0.399 e. The predicted octanol–water partition coefficient (Wildman–Crippen LogP) is 1.58. The first-order chi connectivity index (χ1) is 6.70. The van der Waals surface area contributed by atoms with Crippen LogP contribution in [0.15, 0.2) is 29.1 Å². The molecule has 1 aromatic carbocycles. The number of aromatic amines is 1. The lowest BCUT2D eigenvalue weighted by Gasteiger charge is -2.02.